The average molecular weight is 180 g/mol. The summed E-state index contributed by atoms with van der Waals surface area (Å²) in [6, 6.07) is 10.0. The van der Waals surface area contributed by atoms with Gasteiger partial charge in [0.25, 0.3) is 0 Å². The molecule has 2 unspecified atom stereocenters. The van der Waals surface area contributed by atoms with E-state index in [4.69, 9.17) is 0 Å². The van der Waals surface area contributed by atoms with E-state index in [9.17, 15) is 4.80 Å². The molecule has 2 heteroatoms. The molecule has 1 rings (SSSR count). The van der Waals surface area contributed by atoms with Crippen LogP contribution in [0.1, 0.15) is 20.3 Å². The quantitative estimate of drug-likeness (QED) is 0.697. The van der Waals surface area contributed by atoms with Gasteiger partial charge in [-0.25, -0.2) is 0 Å². The van der Waals surface area contributed by atoms with Crippen molar-refractivity contribution in [2.75, 3.05) is 0 Å². The zero-order valence-electron chi connectivity index (χ0n) is 7.70. The largest absolute Gasteiger partial charge is 0.430 e. The topological polar surface area (TPSA) is 20.2 Å². The molecule has 2 atom stereocenters. The SMILES string of the molecule is CCC(C)[SiH](O)c1ccccc1. The molecule has 0 saturated heterocycles. The standard InChI is InChI=1S/C10H16OSi/c1-3-9(2)12(11)10-7-5-4-6-8-10/h4-9,11-12H,3H2,1-2H3. The minimum atomic E-state index is -1.65. The second kappa shape index (κ2) is 4.43. The minimum absolute atomic E-state index is 0.479. The third kappa shape index (κ3) is 2.19. The van der Waals surface area contributed by atoms with E-state index in [0.717, 1.165) is 11.6 Å². The Bertz CT molecular complexity index is 223. The summed E-state index contributed by atoms with van der Waals surface area (Å²) in [7, 11) is -1.65. The Morgan fingerprint density at radius 1 is 1.33 bits per heavy atom. The molecule has 0 aliphatic carbocycles. The van der Waals surface area contributed by atoms with Crippen molar-refractivity contribution in [1.29, 1.82) is 0 Å². The van der Waals surface area contributed by atoms with Crippen molar-refractivity contribution >= 4 is 14.2 Å². The van der Waals surface area contributed by atoms with Gasteiger partial charge in [0.15, 0.2) is 0 Å². The van der Waals surface area contributed by atoms with Gasteiger partial charge in [-0.15, -0.1) is 0 Å². The fourth-order valence-electron chi connectivity index (χ4n) is 1.20. The second-order valence-electron chi connectivity index (χ2n) is 3.24. The van der Waals surface area contributed by atoms with Crippen LogP contribution in [0.3, 0.4) is 0 Å². The summed E-state index contributed by atoms with van der Waals surface area (Å²) in [4.78, 5) is 9.93. The first kappa shape index (κ1) is 9.48. The second-order valence-corrected chi connectivity index (χ2v) is 5.94. The first-order valence-corrected chi connectivity index (χ1v) is 6.24. The van der Waals surface area contributed by atoms with Crippen molar-refractivity contribution in [1.82, 2.24) is 0 Å². The number of hydrogen-bond acceptors (Lipinski definition) is 1. The molecule has 1 nitrogen and oxygen atoms in total. The Labute approximate surface area is 75.8 Å². The van der Waals surface area contributed by atoms with Crippen molar-refractivity contribution in [3.63, 3.8) is 0 Å². The van der Waals surface area contributed by atoms with Crippen LogP contribution in [0.5, 0.6) is 0 Å². The lowest BCUT2D eigenvalue weighted by Gasteiger charge is -2.14. The summed E-state index contributed by atoms with van der Waals surface area (Å²) in [5.74, 6) is 0. The van der Waals surface area contributed by atoms with Crippen molar-refractivity contribution in [2.24, 2.45) is 0 Å². The lowest BCUT2D eigenvalue weighted by atomic mass is 10.4. The minimum Gasteiger partial charge on any atom is -0.430 e. The van der Waals surface area contributed by atoms with Crippen LogP contribution in [0.15, 0.2) is 30.3 Å². The molecule has 1 N–H and O–H groups in total. The highest BCUT2D eigenvalue weighted by molar-refractivity contribution is 6.67. The van der Waals surface area contributed by atoms with E-state index in [1.807, 2.05) is 30.3 Å². The zero-order valence-corrected chi connectivity index (χ0v) is 8.85. The smallest absolute Gasteiger partial charge is 0.206 e. The highest BCUT2D eigenvalue weighted by Crippen LogP contribution is 2.10. The molecule has 0 amide bonds. The third-order valence-electron chi connectivity index (χ3n) is 2.32. The van der Waals surface area contributed by atoms with E-state index in [1.54, 1.807) is 0 Å². The Morgan fingerprint density at radius 3 is 2.42 bits per heavy atom. The van der Waals surface area contributed by atoms with E-state index in [1.165, 1.54) is 0 Å². The van der Waals surface area contributed by atoms with Crippen molar-refractivity contribution in [2.45, 2.75) is 25.8 Å². The maximum absolute atomic E-state index is 9.93. The number of hydrogen-bond donors (Lipinski definition) is 1. The summed E-state index contributed by atoms with van der Waals surface area (Å²) < 4.78 is 0. The highest BCUT2D eigenvalue weighted by atomic mass is 28.3. The molecule has 0 saturated carbocycles. The molecular weight excluding hydrogens is 164 g/mol. The molecule has 0 aliphatic rings. The number of rotatable bonds is 3. The monoisotopic (exact) mass is 180 g/mol. The Hall–Kier alpha value is -0.603. The van der Waals surface area contributed by atoms with Crippen molar-refractivity contribution in [3.8, 4) is 0 Å². The molecule has 0 spiro atoms. The summed E-state index contributed by atoms with van der Waals surface area (Å²) in [6.45, 7) is 4.26. The summed E-state index contributed by atoms with van der Waals surface area (Å²) in [5, 5.41) is 1.16. The Morgan fingerprint density at radius 2 is 1.92 bits per heavy atom. The first-order valence-electron chi connectivity index (χ1n) is 4.48. The van der Waals surface area contributed by atoms with E-state index in [0.29, 0.717) is 5.54 Å². The number of benzene rings is 1. The van der Waals surface area contributed by atoms with Crippen LogP contribution in [-0.2, 0) is 0 Å². The molecule has 0 bridgehead atoms. The molecule has 0 heterocycles. The van der Waals surface area contributed by atoms with Crippen molar-refractivity contribution in [3.05, 3.63) is 30.3 Å². The Kier molecular flexibility index (Phi) is 3.50. The van der Waals surface area contributed by atoms with Gasteiger partial charge in [-0.2, -0.15) is 0 Å². The van der Waals surface area contributed by atoms with Gasteiger partial charge in [0.05, 0.1) is 0 Å². The van der Waals surface area contributed by atoms with E-state index in [-0.39, 0.29) is 0 Å². The van der Waals surface area contributed by atoms with Crippen LogP contribution in [0.2, 0.25) is 5.54 Å². The summed E-state index contributed by atoms with van der Waals surface area (Å²) in [6.07, 6.45) is 1.07. The molecule has 0 fully saturated rings. The molecule has 1 aromatic carbocycles. The molecule has 12 heavy (non-hydrogen) atoms. The highest BCUT2D eigenvalue weighted by Gasteiger charge is 2.16. The lowest BCUT2D eigenvalue weighted by Crippen LogP contribution is -2.33. The van der Waals surface area contributed by atoms with E-state index in [2.05, 4.69) is 13.8 Å². The van der Waals surface area contributed by atoms with Gasteiger partial charge >= 0.3 is 0 Å². The predicted molar refractivity (Wildman–Crippen MR) is 55.2 cm³/mol. The predicted octanol–water partition coefficient (Wildman–Crippen LogP) is 1.41. The van der Waals surface area contributed by atoms with Crippen LogP contribution in [-0.4, -0.2) is 13.8 Å². The van der Waals surface area contributed by atoms with E-state index < -0.39 is 9.04 Å². The third-order valence-corrected chi connectivity index (χ3v) is 4.94. The Balaban J connectivity index is 2.71. The van der Waals surface area contributed by atoms with Gasteiger partial charge in [-0.1, -0.05) is 50.6 Å². The van der Waals surface area contributed by atoms with Crippen LogP contribution < -0.4 is 5.19 Å². The molecule has 0 radical (unpaired) electrons. The molecule has 66 valence electrons. The maximum Gasteiger partial charge on any atom is 0.206 e. The fraction of sp³-hybridized carbons (Fsp3) is 0.400. The molecular formula is C10H16OSi. The summed E-state index contributed by atoms with van der Waals surface area (Å²) in [5.41, 5.74) is 0.479. The normalized spacial score (nSPS) is 15.6. The summed E-state index contributed by atoms with van der Waals surface area (Å²) >= 11 is 0. The van der Waals surface area contributed by atoms with Gasteiger partial charge in [0.1, 0.15) is 0 Å². The van der Waals surface area contributed by atoms with Gasteiger partial charge in [0, 0.05) is 0 Å². The molecule has 0 aliphatic heterocycles. The average Bonchev–Trinajstić information content (AvgIpc) is 2.17. The van der Waals surface area contributed by atoms with Gasteiger partial charge < -0.3 is 4.80 Å². The molecule has 0 aromatic heterocycles. The van der Waals surface area contributed by atoms with E-state index >= 15 is 0 Å². The van der Waals surface area contributed by atoms with Gasteiger partial charge in [-0.3, -0.25) is 0 Å². The van der Waals surface area contributed by atoms with Crippen LogP contribution in [0, 0.1) is 0 Å². The van der Waals surface area contributed by atoms with Crippen LogP contribution >= 0.6 is 0 Å². The molecule has 1 aromatic rings. The van der Waals surface area contributed by atoms with Gasteiger partial charge in [-0.05, 0) is 10.7 Å². The fourth-order valence-corrected chi connectivity index (χ4v) is 2.92. The van der Waals surface area contributed by atoms with Crippen molar-refractivity contribution < 1.29 is 4.80 Å². The lowest BCUT2D eigenvalue weighted by molar-refractivity contribution is 0.559. The van der Waals surface area contributed by atoms with Crippen LogP contribution in [0.4, 0.5) is 0 Å². The van der Waals surface area contributed by atoms with Crippen LogP contribution in [0.25, 0.3) is 0 Å². The zero-order chi connectivity index (χ0) is 8.97. The first-order chi connectivity index (χ1) is 5.75. The van der Waals surface area contributed by atoms with Gasteiger partial charge in [0.2, 0.25) is 9.04 Å². The maximum atomic E-state index is 9.93.